The van der Waals surface area contributed by atoms with Gasteiger partial charge in [-0.1, -0.05) is 12.1 Å². The average Bonchev–Trinajstić information content (AvgIpc) is 2.19. The zero-order valence-corrected chi connectivity index (χ0v) is 7.66. The molecule has 1 aromatic rings. The predicted octanol–water partition coefficient (Wildman–Crippen LogP) is 2.62. The molecule has 1 aromatic heterocycles. The number of hydrogen-bond donors (Lipinski definition) is 1. The Labute approximate surface area is 78.5 Å². The second-order valence-corrected chi connectivity index (χ2v) is 3.42. The Bertz CT molecular complexity index is 329. The molecule has 1 aliphatic rings. The summed E-state index contributed by atoms with van der Waals surface area (Å²) in [7, 11) is 0. The van der Waals surface area contributed by atoms with Crippen molar-refractivity contribution in [2.24, 2.45) is 0 Å². The highest BCUT2D eigenvalue weighted by Crippen LogP contribution is 2.25. The van der Waals surface area contributed by atoms with E-state index in [0.717, 1.165) is 12.1 Å². The molecule has 0 spiro atoms. The number of nitrogens with two attached hydrogens (primary N) is 1. The topological polar surface area (TPSA) is 38.9 Å². The Morgan fingerprint density at radius 3 is 2.85 bits per heavy atom. The molecule has 68 valence electrons. The number of allylic oxidation sites excluding steroid dienone is 2. The molecule has 0 amide bonds. The fraction of sp³-hybridized carbons (Fsp3) is 0.364. The highest BCUT2D eigenvalue weighted by Gasteiger charge is 2.06. The van der Waals surface area contributed by atoms with Crippen LogP contribution in [-0.2, 0) is 0 Å². The third-order valence-corrected chi connectivity index (χ3v) is 2.39. The molecule has 1 heterocycles. The first kappa shape index (κ1) is 8.30. The molecule has 0 bridgehead atoms. The van der Waals surface area contributed by atoms with Gasteiger partial charge in [-0.25, -0.2) is 4.98 Å². The SMILES string of the molecule is Nc1cccc(C2=CCCCC2)n1. The molecule has 2 rings (SSSR count). The van der Waals surface area contributed by atoms with Gasteiger partial charge in [0.25, 0.3) is 0 Å². The normalized spacial score (nSPS) is 16.8. The third-order valence-electron chi connectivity index (χ3n) is 2.39. The second kappa shape index (κ2) is 3.60. The van der Waals surface area contributed by atoms with Gasteiger partial charge in [0.2, 0.25) is 0 Å². The van der Waals surface area contributed by atoms with Crippen LogP contribution in [0, 0.1) is 0 Å². The summed E-state index contributed by atoms with van der Waals surface area (Å²) in [5.74, 6) is 0.615. The summed E-state index contributed by atoms with van der Waals surface area (Å²) in [6.45, 7) is 0. The van der Waals surface area contributed by atoms with E-state index in [0.29, 0.717) is 5.82 Å². The van der Waals surface area contributed by atoms with E-state index in [4.69, 9.17) is 5.73 Å². The van der Waals surface area contributed by atoms with Gasteiger partial charge in [-0.3, -0.25) is 0 Å². The van der Waals surface area contributed by atoms with Gasteiger partial charge in [0, 0.05) is 0 Å². The maximum absolute atomic E-state index is 5.63. The number of nitrogens with zero attached hydrogens (tertiary/aromatic N) is 1. The summed E-state index contributed by atoms with van der Waals surface area (Å²) in [6, 6.07) is 5.83. The van der Waals surface area contributed by atoms with Crippen molar-refractivity contribution in [3.05, 3.63) is 30.0 Å². The maximum atomic E-state index is 5.63. The molecule has 0 aliphatic heterocycles. The van der Waals surface area contributed by atoms with Gasteiger partial charge in [-0.2, -0.15) is 0 Å². The Balaban J connectivity index is 2.29. The van der Waals surface area contributed by atoms with Crippen molar-refractivity contribution in [1.82, 2.24) is 4.98 Å². The summed E-state index contributed by atoms with van der Waals surface area (Å²) in [6.07, 6.45) is 7.21. The predicted molar refractivity (Wildman–Crippen MR) is 55.1 cm³/mol. The van der Waals surface area contributed by atoms with Crippen molar-refractivity contribution in [2.45, 2.75) is 25.7 Å². The van der Waals surface area contributed by atoms with E-state index < -0.39 is 0 Å². The summed E-state index contributed by atoms with van der Waals surface area (Å²) in [5.41, 5.74) is 8.04. The minimum Gasteiger partial charge on any atom is -0.384 e. The number of pyridine rings is 1. The molecule has 2 N–H and O–H groups in total. The number of rotatable bonds is 1. The van der Waals surface area contributed by atoms with Crippen LogP contribution in [0.1, 0.15) is 31.4 Å². The molecule has 0 fully saturated rings. The van der Waals surface area contributed by atoms with Crippen molar-refractivity contribution in [3.8, 4) is 0 Å². The van der Waals surface area contributed by atoms with Crippen LogP contribution in [-0.4, -0.2) is 4.98 Å². The Kier molecular flexibility index (Phi) is 2.30. The molecule has 0 radical (unpaired) electrons. The van der Waals surface area contributed by atoms with Crippen LogP contribution in [0.25, 0.3) is 5.57 Å². The summed E-state index contributed by atoms with van der Waals surface area (Å²) in [4.78, 5) is 4.31. The van der Waals surface area contributed by atoms with E-state index >= 15 is 0 Å². The fourth-order valence-corrected chi connectivity index (χ4v) is 1.70. The lowest BCUT2D eigenvalue weighted by Gasteiger charge is -2.11. The van der Waals surface area contributed by atoms with Crippen LogP contribution in [0.2, 0.25) is 0 Å². The maximum Gasteiger partial charge on any atom is 0.124 e. The van der Waals surface area contributed by atoms with E-state index in [1.165, 1.54) is 24.8 Å². The van der Waals surface area contributed by atoms with Gasteiger partial charge in [0.1, 0.15) is 5.82 Å². The van der Waals surface area contributed by atoms with E-state index in [-0.39, 0.29) is 0 Å². The molecule has 0 unspecified atom stereocenters. The number of hydrogen-bond acceptors (Lipinski definition) is 2. The van der Waals surface area contributed by atoms with E-state index in [1.807, 2.05) is 18.2 Å². The van der Waals surface area contributed by atoms with Crippen molar-refractivity contribution in [1.29, 1.82) is 0 Å². The quantitative estimate of drug-likeness (QED) is 0.710. The Hall–Kier alpha value is -1.31. The second-order valence-electron chi connectivity index (χ2n) is 3.42. The van der Waals surface area contributed by atoms with Crippen LogP contribution in [0.15, 0.2) is 24.3 Å². The highest BCUT2D eigenvalue weighted by molar-refractivity contribution is 5.64. The minimum atomic E-state index is 0.615. The summed E-state index contributed by atoms with van der Waals surface area (Å²) >= 11 is 0. The van der Waals surface area contributed by atoms with Gasteiger partial charge in [-0.15, -0.1) is 0 Å². The molecule has 0 atom stereocenters. The fourth-order valence-electron chi connectivity index (χ4n) is 1.70. The molecule has 2 heteroatoms. The zero-order valence-electron chi connectivity index (χ0n) is 7.66. The molecule has 0 saturated heterocycles. The van der Waals surface area contributed by atoms with Crippen molar-refractivity contribution >= 4 is 11.4 Å². The molecule has 2 nitrogen and oxygen atoms in total. The van der Waals surface area contributed by atoms with Crippen LogP contribution < -0.4 is 5.73 Å². The highest BCUT2D eigenvalue weighted by atomic mass is 14.8. The molecular formula is C11H14N2. The third kappa shape index (κ3) is 1.89. The zero-order chi connectivity index (χ0) is 9.10. The first-order valence-electron chi connectivity index (χ1n) is 4.78. The molecular weight excluding hydrogens is 160 g/mol. The number of anilines is 1. The van der Waals surface area contributed by atoms with Crippen LogP contribution in [0.3, 0.4) is 0 Å². The lowest BCUT2D eigenvalue weighted by atomic mass is 9.97. The Morgan fingerprint density at radius 2 is 2.15 bits per heavy atom. The van der Waals surface area contributed by atoms with E-state index in [2.05, 4.69) is 11.1 Å². The van der Waals surface area contributed by atoms with Crippen molar-refractivity contribution in [2.75, 3.05) is 5.73 Å². The molecule has 1 aliphatic carbocycles. The van der Waals surface area contributed by atoms with Gasteiger partial charge in [0.15, 0.2) is 0 Å². The summed E-state index contributed by atoms with van der Waals surface area (Å²) < 4.78 is 0. The molecule has 0 aromatic carbocycles. The standard InChI is InChI=1S/C11H14N2/c12-11-8-4-7-10(13-11)9-5-2-1-3-6-9/h4-5,7-8H,1-3,6H2,(H2,12,13). The van der Waals surface area contributed by atoms with E-state index in [1.54, 1.807) is 0 Å². The molecule has 0 saturated carbocycles. The van der Waals surface area contributed by atoms with Crippen molar-refractivity contribution in [3.63, 3.8) is 0 Å². The van der Waals surface area contributed by atoms with Crippen LogP contribution >= 0.6 is 0 Å². The van der Waals surface area contributed by atoms with Crippen LogP contribution in [0.5, 0.6) is 0 Å². The Morgan fingerprint density at radius 1 is 1.23 bits per heavy atom. The lowest BCUT2D eigenvalue weighted by Crippen LogP contribution is -1.97. The van der Waals surface area contributed by atoms with Crippen molar-refractivity contribution < 1.29 is 0 Å². The van der Waals surface area contributed by atoms with Gasteiger partial charge in [0.05, 0.1) is 5.69 Å². The number of nitrogen functional groups attached to an aromatic ring is 1. The average molecular weight is 174 g/mol. The largest absolute Gasteiger partial charge is 0.384 e. The van der Waals surface area contributed by atoms with Gasteiger partial charge < -0.3 is 5.73 Å². The number of aromatic nitrogens is 1. The summed E-state index contributed by atoms with van der Waals surface area (Å²) in [5, 5.41) is 0. The first-order chi connectivity index (χ1) is 6.36. The minimum absolute atomic E-state index is 0.615. The lowest BCUT2D eigenvalue weighted by molar-refractivity contribution is 0.740. The molecule has 13 heavy (non-hydrogen) atoms. The van der Waals surface area contributed by atoms with Crippen LogP contribution in [0.4, 0.5) is 5.82 Å². The monoisotopic (exact) mass is 174 g/mol. The van der Waals surface area contributed by atoms with E-state index in [9.17, 15) is 0 Å². The van der Waals surface area contributed by atoms with Gasteiger partial charge in [-0.05, 0) is 43.4 Å². The van der Waals surface area contributed by atoms with Gasteiger partial charge >= 0.3 is 0 Å². The smallest absolute Gasteiger partial charge is 0.124 e. The first-order valence-corrected chi connectivity index (χ1v) is 4.78.